The van der Waals surface area contributed by atoms with Gasteiger partial charge in [-0.2, -0.15) is 9.78 Å². The van der Waals surface area contributed by atoms with Crippen LogP contribution in [0, 0.1) is 10.1 Å². The molecular weight excluding hydrogens is 388 g/mol. The zero-order valence-electron chi connectivity index (χ0n) is 16.4. The summed E-state index contributed by atoms with van der Waals surface area (Å²) in [7, 11) is 1.56. The highest BCUT2D eigenvalue weighted by Gasteiger charge is 2.21. The van der Waals surface area contributed by atoms with Crippen molar-refractivity contribution in [1.29, 1.82) is 0 Å². The SMILES string of the molecule is COc1cccc(-c2ccc(=O)n(-c3cc(N4CCOCC4)ccc3[N+](=O)[O-])n2)c1. The molecule has 1 aliphatic heterocycles. The molecule has 0 atom stereocenters. The van der Waals surface area contributed by atoms with Crippen LogP contribution in [0.4, 0.5) is 11.4 Å². The highest BCUT2D eigenvalue weighted by molar-refractivity contribution is 5.64. The number of benzene rings is 2. The summed E-state index contributed by atoms with van der Waals surface area (Å²) >= 11 is 0. The lowest BCUT2D eigenvalue weighted by atomic mass is 10.1. The highest BCUT2D eigenvalue weighted by Crippen LogP contribution is 2.28. The van der Waals surface area contributed by atoms with E-state index in [0.29, 0.717) is 37.7 Å². The fourth-order valence-corrected chi connectivity index (χ4v) is 3.37. The Bertz CT molecular complexity index is 1140. The van der Waals surface area contributed by atoms with Crippen molar-refractivity contribution in [3.8, 4) is 22.7 Å². The monoisotopic (exact) mass is 408 g/mol. The lowest BCUT2D eigenvalue weighted by molar-refractivity contribution is -0.384. The highest BCUT2D eigenvalue weighted by atomic mass is 16.6. The molecule has 9 nitrogen and oxygen atoms in total. The van der Waals surface area contributed by atoms with E-state index in [1.165, 1.54) is 12.1 Å². The van der Waals surface area contributed by atoms with Crippen LogP contribution >= 0.6 is 0 Å². The van der Waals surface area contributed by atoms with Crippen LogP contribution in [0.3, 0.4) is 0 Å². The molecule has 0 bridgehead atoms. The maximum Gasteiger partial charge on any atom is 0.295 e. The van der Waals surface area contributed by atoms with Gasteiger partial charge in [0.15, 0.2) is 0 Å². The van der Waals surface area contributed by atoms with Gasteiger partial charge in [-0.15, -0.1) is 0 Å². The van der Waals surface area contributed by atoms with Gasteiger partial charge in [-0.3, -0.25) is 14.9 Å². The van der Waals surface area contributed by atoms with Gasteiger partial charge >= 0.3 is 0 Å². The Kier molecular flexibility index (Phi) is 5.44. The molecule has 1 saturated heterocycles. The third-order valence-electron chi connectivity index (χ3n) is 4.93. The van der Waals surface area contributed by atoms with Crippen LogP contribution in [0.2, 0.25) is 0 Å². The smallest absolute Gasteiger partial charge is 0.295 e. The van der Waals surface area contributed by atoms with Gasteiger partial charge in [0.2, 0.25) is 0 Å². The molecule has 9 heteroatoms. The van der Waals surface area contributed by atoms with Gasteiger partial charge in [0.25, 0.3) is 11.2 Å². The summed E-state index contributed by atoms with van der Waals surface area (Å²) in [6, 6.07) is 14.9. The first-order valence-corrected chi connectivity index (χ1v) is 9.43. The molecule has 2 heterocycles. The fraction of sp³-hybridized carbons (Fsp3) is 0.238. The maximum atomic E-state index is 12.6. The van der Waals surface area contributed by atoms with Gasteiger partial charge in [-0.1, -0.05) is 12.1 Å². The number of morpholine rings is 1. The summed E-state index contributed by atoms with van der Waals surface area (Å²) in [5, 5.41) is 16.1. The van der Waals surface area contributed by atoms with Crippen molar-refractivity contribution in [2.45, 2.75) is 0 Å². The number of nitrogens with zero attached hydrogens (tertiary/aromatic N) is 4. The summed E-state index contributed by atoms with van der Waals surface area (Å²) in [6.07, 6.45) is 0. The summed E-state index contributed by atoms with van der Waals surface area (Å²) in [5.41, 5.74) is 1.49. The molecule has 0 saturated carbocycles. The zero-order chi connectivity index (χ0) is 21.1. The minimum absolute atomic E-state index is 0.124. The largest absolute Gasteiger partial charge is 0.497 e. The maximum absolute atomic E-state index is 12.6. The lowest BCUT2D eigenvalue weighted by Crippen LogP contribution is -2.36. The van der Waals surface area contributed by atoms with Crippen LogP contribution in [-0.2, 0) is 4.74 Å². The van der Waals surface area contributed by atoms with Gasteiger partial charge in [0.05, 0.1) is 30.9 Å². The van der Waals surface area contributed by atoms with Crippen molar-refractivity contribution in [2.75, 3.05) is 38.3 Å². The number of nitro benzene ring substituents is 1. The van der Waals surface area contributed by atoms with Gasteiger partial charge < -0.3 is 14.4 Å². The van der Waals surface area contributed by atoms with Gasteiger partial charge in [0.1, 0.15) is 11.4 Å². The first-order valence-electron chi connectivity index (χ1n) is 9.43. The minimum atomic E-state index is -0.509. The normalized spacial score (nSPS) is 13.8. The van der Waals surface area contributed by atoms with E-state index in [9.17, 15) is 14.9 Å². The lowest BCUT2D eigenvalue weighted by Gasteiger charge is -2.29. The Morgan fingerprint density at radius 3 is 2.63 bits per heavy atom. The number of aromatic nitrogens is 2. The first-order chi connectivity index (χ1) is 14.6. The number of methoxy groups -OCH3 is 1. The molecule has 2 aromatic carbocycles. The number of anilines is 1. The van der Waals surface area contributed by atoms with Crippen molar-refractivity contribution in [3.63, 3.8) is 0 Å². The van der Waals surface area contributed by atoms with E-state index in [1.807, 2.05) is 12.1 Å². The molecule has 154 valence electrons. The second-order valence-corrected chi connectivity index (χ2v) is 6.73. The summed E-state index contributed by atoms with van der Waals surface area (Å²) in [4.78, 5) is 25.8. The Morgan fingerprint density at radius 1 is 1.10 bits per heavy atom. The average Bonchev–Trinajstić information content (AvgIpc) is 2.79. The Hall–Kier alpha value is -3.72. The van der Waals surface area contributed by atoms with E-state index in [1.54, 1.807) is 37.4 Å². The van der Waals surface area contributed by atoms with E-state index in [4.69, 9.17) is 9.47 Å². The van der Waals surface area contributed by atoms with Crippen molar-refractivity contribution in [1.82, 2.24) is 9.78 Å². The number of hydrogen-bond donors (Lipinski definition) is 0. The molecule has 1 aromatic heterocycles. The molecule has 0 radical (unpaired) electrons. The summed E-state index contributed by atoms with van der Waals surface area (Å²) in [5.74, 6) is 0.646. The number of hydrogen-bond acceptors (Lipinski definition) is 7. The van der Waals surface area contributed by atoms with Crippen LogP contribution in [-0.4, -0.2) is 48.1 Å². The van der Waals surface area contributed by atoms with E-state index < -0.39 is 10.5 Å². The van der Waals surface area contributed by atoms with Crippen molar-refractivity contribution < 1.29 is 14.4 Å². The number of nitro groups is 1. The summed E-state index contributed by atoms with van der Waals surface area (Å²) < 4.78 is 11.7. The average molecular weight is 408 g/mol. The molecule has 0 amide bonds. The van der Waals surface area contributed by atoms with Gasteiger partial charge in [-0.25, -0.2) is 0 Å². The molecule has 1 aliphatic rings. The number of rotatable bonds is 5. The second kappa shape index (κ2) is 8.34. The molecule has 0 N–H and O–H groups in total. The van der Waals surface area contributed by atoms with Crippen LogP contribution < -0.4 is 15.2 Å². The van der Waals surface area contributed by atoms with Gasteiger partial charge in [-0.05, 0) is 30.3 Å². The minimum Gasteiger partial charge on any atom is -0.497 e. The van der Waals surface area contributed by atoms with Crippen molar-refractivity contribution in [3.05, 3.63) is 75.1 Å². The zero-order valence-corrected chi connectivity index (χ0v) is 16.4. The second-order valence-electron chi connectivity index (χ2n) is 6.73. The molecule has 0 unspecified atom stereocenters. The van der Waals surface area contributed by atoms with Crippen LogP contribution in [0.15, 0.2) is 59.4 Å². The predicted octanol–water partition coefficient (Wildman–Crippen LogP) is 2.65. The summed E-state index contributed by atoms with van der Waals surface area (Å²) in [6.45, 7) is 2.50. The molecule has 0 spiro atoms. The Labute approximate surface area is 172 Å². The third-order valence-corrected chi connectivity index (χ3v) is 4.93. The van der Waals surface area contributed by atoms with Gasteiger partial charge in [0, 0.05) is 36.5 Å². The van der Waals surface area contributed by atoms with E-state index in [-0.39, 0.29) is 11.4 Å². The standard InChI is InChI=1S/C21H20N4O5/c1-29-17-4-2-3-15(13-17)18-6-8-21(26)24(22-18)20-14-16(5-7-19(20)25(27)28)23-9-11-30-12-10-23/h2-8,13-14H,9-12H2,1H3. The fourth-order valence-electron chi connectivity index (χ4n) is 3.37. The van der Waals surface area contributed by atoms with Crippen molar-refractivity contribution in [2.24, 2.45) is 0 Å². The van der Waals surface area contributed by atoms with E-state index in [2.05, 4.69) is 10.00 Å². The Balaban J connectivity index is 1.83. The van der Waals surface area contributed by atoms with E-state index >= 15 is 0 Å². The van der Waals surface area contributed by atoms with Crippen LogP contribution in [0.5, 0.6) is 5.75 Å². The molecule has 0 aliphatic carbocycles. The van der Waals surface area contributed by atoms with Crippen LogP contribution in [0.1, 0.15) is 0 Å². The molecule has 3 aromatic rings. The van der Waals surface area contributed by atoms with Crippen molar-refractivity contribution >= 4 is 11.4 Å². The molecular formula is C21H20N4O5. The predicted molar refractivity (Wildman–Crippen MR) is 112 cm³/mol. The molecule has 1 fully saturated rings. The van der Waals surface area contributed by atoms with Crippen LogP contribution in [0.25, 0.3) is 16.9 Å². The first kappa shape index (κ1) is 19.6. The van der Waals surface area contributed by atoms with E-state index in [0.717, 1.165) is 15.9 Å². The topological polar surface area (TPSA) is 99.7 Å². The quantitative estimate of drug-likeness (QED) is 0.473. The Morgan fingerprint density at radius 2 is 1.90 bits per heavy atom. The molecule has 4 rings (SSSR count). The number of ether oxygens (including phenoxy) is 2. The molecule has 30 heavy (non-hydrogen) atoms. The third kappa shape index (κ3) is 3.87.